The molecule has 2 aliphatic rings. The van der Waals surface area contributed by atoms with Crippen molar-refractivity contribution in [1.29, 1.82) is 0 Å². The van der Waals surface area contributed by atoms with E-state index in [1.54, 1.807) is 6.20 Å². The number of hydrogen-bond acceptors (Lipinski definition) is 4. The molecule has 2 aromatic carbocycles. The number of anilines is 1. The van der Waals surface area contributed by atoms with Gasteiger partial charge in [-0.05, 0) is 29.3 Å². The number of aromatic nitrogens is 1. The van der Waals surface area contributed by atoms with Gasteiger partial charge in [0.1, 0.15) is 17.5 Å². The number of carbonyl (C=O) groups is 1. The second kappa shape index (κ2) is 9.62. The van der Waals surface area contributed by atoms with Crippen molar-refractivity contribution in [2.24, 2.45) is 17.8 Å². The molecule has 2 fully saturated rings. The average molecular weight is 492 g/mol. The first-order chi connectivity index (χ1) is 17.3. The summed E-state index contributed by atoms with van der Waals surface area (Å²) < 4.78 is 28.6. The third-order valence-electron chi connectivity index (χ3n) is 8.01. The largest absolute Gasteiger partial charge is 0.384 e. The van der Waals surface area contributed by atoms with E-state index in [1.807, 2.05) is 72.2 Å². The lowest BCUT2D eigenvalue weighted by Crippen LogP contribution is -2.57. The van der Waals surface area contributed by atoms with Gasteiger partial charge >= 0.3 is 0 Å². The van der Waals surface area contributed by atoms with Gasteiger partial charge in [0, 0.05) is 56.2 Å². The zero-order chi connectivity index (χ0) is 25.4. The minimum atomic E-state index is -1.05. The van der Waals surface area contributed by atoms with E-state index < -0.39 is 29.1 Å². The summed E-state index contributed by atoms with van der Waals surface area (Å²) in [5.41, 5.74) is 0.147. The van der Waals surface area contributed by atoms with Gasteiger partial charge in [0.25, 0.3) is 0 Å². The predicted molar refractivity (Wildman–Crippen MR) is 134 cm³/mol. The van der Waals surface area contributed by atoms with Crippen LogP contribution in [0.5, 0.6) is 0 Å². The molecule has 3 aromatic rings. The summed E-state index contributed by atoms with van der Waals surface area (Å²) in [7, 11) is 0. The predicted octanol–water partition coefficient (Wildman–Crippen LogP) is 4.58. The Hall–Kier alpha value is -3.32. The highest BCUT2D eigenvalue weighted by molar-refractivity contribution is 5.82. The van der Waals surface area contributed by atoms with E-state index in [9.17, 15) is 18.7 Å². The van der Waals surface area contributed by atoms with Gasteiger partial charge in [-0.2, -0.15) is 0 Å². The number of pyridine rings is 1. The summed E-state index contributed by atoms with van der Waals surface area (Å²) in [6, 6.07) is 18.8. The smallest absolute Gasteiger partial charge is 0.228 e. The van der Waals surface area contributed by atoms with Crippen molar-refractivity contribution in [1.82, 2.24) is 9.88 Å². The number of amides is 1. The Kier molecular flexibility index (Phi) is 6.51. The number of nitrogens with zero attached hydrogens (tertiary/aromatic N) is 3. The second-order valence-electron chi connectivity index (χ2n) is 10.2. The maximum absolute atomic E-state index is 14.9. The maximum atomic E-state index is 14.9. The molecule has 5 rings (SSSR count). The molecule has 2 saturated heterocycles. The monoisotopic (exact) mass is 491 g/mol. The van der Waals surface area contributed by atoms with Gasteiger partial charge in [-0.3, -0.25) is 4.79 Å². The van der Waals surface area contributed by atoms with Crippen molar-refractivity contribution in [3.8, 4) is 0 Å². The number of carbonyl (C=O) groups excluding carboxylic acids is 1. The van der Waals surface area contributed by atoms with E-state index in [0.29, 0.717) is 31.7 Å². The molecule has 5 atom stereocenters. The molecule has 2 aliphatic heterocycles. The summed E-state index contributed by atoms with van der Waals surface area (Å²) in [6.45, 7) is 5.52. The lowest BCUT2D eigenvalue weighted by molar-refractivity contribution is -0.152. The van der Waals surface area contributed by atoms with E-state index >= 15 is 0 Å². The first-order valence-corrected chi connectivity index (χ1v) is 12.5. The molecule has 1 unspecified atom stereocenters. The molecule has 36 heavy (non-hydrogen) atoms. The van der Waals surface area contributed by atoms with Gasteiger partial charge in [-0.15, -0.1) is 0 Å². The van der Waals surface area contributed by atoms with Crippen LogP contribution in [0.25, 0.3) is 0 Å². The second-order valence-corrected chi connectivity index (χ2v) is 10.2. The fourth-order valence-electron chi connectivity index (χ4n) is 6.09. The number of hydrogen-bond donors (Lipinski definition) is 1. The van der Waals surface area contributed by atoms with Crippen LogP contribution in [0.15, 0.2) is 72.9 Å². The minimum Gasteiger partial charge on any atom is -0.384 e. The molecule has 0 bridgehead atoms. The molecule has 0 aliphatic carbocycles. The van der Waals surface area contributed by atoms with Crippen molar-refractivity contribution in [2.75, 3.05) is 31.1 Å². The lowest BCUT2D eigenvalue weighted by atomic mass is 9.70. The molecule has 5 nitrogen and oxygen atoms in total. The summed E-state index contributed by atoms with van der Waals surface area (Å²) in [5.74, 6) is -1.98. The van der Waals surface area contributed by atoms with Gasteiger partial charge in [0.05, 0.1) is 11.5 Å². The molecule has 0 spiro atoms. The van der Waals surface area contributed by atoms with Crippen LogP contribution in [0.3, 0.4) is 0 Å². The van der Waals surface area contributed by atoms with E-state index in [-0.39, 0.29) is 17.7 Å². The highest BCUT2D eigenvalue weighted by Gasteiger charge is 2.49. The van der Waals surface area contributed by atoms with Crippen LogP contribution in [-0.4, -0.2) is 47.1 Å². The van der Waals surface area contributed by atoms with Crippen LogP contribution in [-0.2, 0) is 10.4 Å². The molecular formula is C29H31F2N3O2. The Balaban J connectivity index is 1.43. The summed E-state index contributed by atoms with van der Waals surface area (Å²) >= 11 is 0. The maximum Gasteiger partial charge on any atom is 0.228 e. The average Bonchev–Trinajstić information content (AvgIpc) is 3.32. The summed E-state index contributed by atoms with van der Waals surface area (Å²) in [6.07, 6.45) is 1.69. The zero-order valence-corrected chi connectivity index (χ0v) is 20.5. The fraction of sp³-hybridized carbons (Fsp3) is 0.379. The third kappa shape index (κ3) is 4.26. The van der Waals surface area contributed by atoms with Crippen molar-refractivity contribution >= 4 is 11.7 Å². The first-order valence-electron chi connectivity index (χ1n) is 12.5. The molecule has 3 heterocycles. The van der Waals surface area contributed by atoms with Crippen LogP contribution in [0.2, 0.25) is 0 Å². The summed E-state index contributed by atoms with van der Waals surface area (Å²) in [5, 5.41) is 11.7. The van der Waals surface area contributed by atoms with Crippen molar-refractivity contribution in [3.63, 3.8) is 0 Å². The van der Waals surface area contributed by atoms with Crippen LogP contribution in [0.4, 0.5) is 14.6 Å². The number of piperidine rings is 1. The molecule has 0 radical (unpaired) electrons. The van der Waals surface area contributed by atoms with Gasteiger partial charge in [-0.25, -0.2) is 13.8 Å². The SMILES string of the molecule is C[C@@H]1CN(C(=O)[C@@H]2CN(c3ccccn3)C[C@H]2c2ccc(F)cc2F)C[C@H](C)C1(O)c1ccccc1. The highest BCUT2D eigenvalue weighted by Crippen LogP contribution is 2.43. The van der Waals surface area contributed by atoms with E-state index in [0.717, 1.165) is 17.4 Å². The fourth-order valence-corrected chi connectivity index (χ4v) is 6.09. The molecule has 0 saturated carbocycles. The van der Waals surface area contributed by atoms with Crippen LogP contribution >= 0.6 is 0 Å². The normalized spacial score (nSPS) is 28.4. The van der Waals surface area contributed by atoms with Crippen LogP contribution in [0.1, 0.15) is 30.9 Å². The van der Waals surface area contributed by atoms with E-state index in [2.05, 4.69) is 4.98 Å². The number of benzene rings is 2. The van der Waals surface area contributed by atoms with Gasteiger partial charge in [-0.1, -0.05) is 56.3 Å². The Bertz CT molecular complexity index is 1210. The van der Waals surface area contributed by atoms with Gasteiger partial charge < -0.3 is 14.9 Å². The Morgan fingerprint density at radius 2 is 1.64 bits per heavy atom. The molecular weight excluding hydrogens is 460 g/mol. The van der Waals surface area contributed by atoms with Crippen molar-refractivity contribution < 1.29 is 18.7 Å². The van der Waals surface area contributed by atoms with Crippen molar-refractivity contribution in [3.05, 3.63) is 95.7 Å². The van der Waals surface area contributed by atoms with Crippen LogP contribution < -0.4 is 4.90 Å². The molecule has 1 amide bonds. The first kappa shape index (κ1) is 24.4. The van der Waals surface area contributed by atoms with Crippen LogP contribution in [0, 0.1) is 29.4 Å². The number of likely N-dealkylation sites (tertiary alicyclic amines) is 1. The highest BCUT2D eigenvalue weighted by atomic mass is 19.1. The summed E-state index contributed by atoms with van der Waals surface area (Å²) in [4.78, 5) is 22.2. The standard InChI is InChI=1S/C29H31F2N3O2/c1-19-15-34(16-20(2)29(19,36)21-8-4-3-5-9-21)28(35)25-18-33(27-10-6-7-13-32-27)17-24(25)23-12-11-22(30)14-26(23)31/h3-14,19-20,24-25,36H,15-18H2,1-2H3/t19-,20+,24-,25+,29?/m0/s1. The van der Waals surface area contributed by atoms with Gasteiger partial charge in [0.15, 0.2) is 0 Å². The molecule has 7 heteroatoms. The molecule has 1 aromatic heterocycles. The quantitative estimate of drug-likeness (QED) is 0.581. The topological polar surface area (TPSA) is 56.7 Å². The third-order valence-corrected chi connectivity index (χ3v) is 8.01. The Labute approximate surface area is 210 Å². The Morgan fingerprint density at radius 1 is 0.944 bits per heavy atom. The molecule has 188 valence electrons. The zero-order valence-electron chi connectivity index (χ0n) is 20.5. The Morgan fingerprint density at radius 3 is 2.28 bits per heavy atom. The molecule has 1 N–H and O–H groups in total. The minimum absolute atomic E-state index is 0.0732. The number of rotatable bonds is 4. The van der Waals surface area contributed by atoms with E-state index in [4.69, 9.17) is 0 Å². The lowest BCUT2D eigenvalue weighted by Gasteiger charge is -2.48. The van der Waals surface area contributed by atoms with Gasteiger partial charge in [0.2, 0.25) is 5.91 Å². The number of halogens is 2. The van der Waals surface area contributed by atoms with Crippen molar-refractivity contribution in [2.45, 2.75) is 25.4 Å². The number of aliphatic hydroxyl groups is 1. The van der Waals surface area contributed by atoms with E-state index in [1.165, 1.54) is 12.1 Å².